The van der Waals surface area contributed by atoms with Crippen molar-refractivity contribution in [2.24, 2.45) is 5.73 Å². The number of aromatic amines is 1. The molecule has 1 amide bonds. The highest BCUT2D eigenvalue weighted by molar-refractivity contribution is 9.10. The maximum absolute atomic E-state index is 10.9. The molecule has 2 aromatic rings. The number of halogens is 1. The molecule has 2 rings (SSSR count). The van der Waals surface area contributed by atoms with Gasteiger partial charge in [0.15, 0.2) is 0 Å². The number of rotatable bonds is 1. The molecular weight excluding hydrogens is 282 g/mol. The molecule has 0 saturated heterocycles. The van der Waals surface area contributed by atoms with E-state index in [1.807, 2.05) is 39.8 Å². The molecule has 0 saturated carbocycles. The first kappa shape index (κ1) is 15.6. The van der Waals surface area contributed by atoms with Crippen LogP contribution in [-0.2, 0) is 0 Å². The van der Waals surface area contributed by atoms with Crippen molar-refractivity contribution in [2.75, 3.05) is 0 Å². The predicted octanol–water partition coefficient (Wildman–Crippen LogP) is 3.48. The monoisotopic (exact) mass is 299 g/mol. The third-order valence-corrected chi connectivity index (χ3v) is 2.42. The summed E-state index contributed by atoms with van der Waals surface area (Å²) in [6.07, 6.45) is 0. The Morgan fingerprint density at radius 3 is 2.41 bits per heavy atom. The van der Waals surface area contributed by atoms with Crippen LogP contribution >= 0.6 is 15.9 Å². The summed E-state index contributed by atoms with van der Waals surface area (Å²) in [7, 11) is 0. The van der Waals surface area contributed by atoms with Gasteiger partial charge in [-0.15, -0.1) is 0 Å². The second-order valence-corrected chi connectivity index (χ2v) is 3.45. The molecule has 0 aliphatic heterocycles. The highest BCUT2D eigenvalue weighted by Gasteiger charge is 2.10. The number of benzene rings is 1. The maximum Gasteiger partial charge on any atom is 0.267 e. The normalized spacial score (nSPS) is 8.76. The Morgan fingerprint density at radius 1 is 1.29 bits per heavy atom. The largest absolute Gasteiger partial charge is 0.364 e. The van der Waals surface area contributed by atoms with Crippen LogP contribution in [0.15, 0.2) is 22.7 Å². The summed E-state index contributed by atoms with van der Waals surface area (Å²) < 4.78 is 0.841. The van der Waals surface area contributed by atoms with Crippen LogP contribution < -0.4 is 5.73 Å². The maximum atomic E-state index is 10.9. The molecule has 0 aliphatic rings. The zero-order chi connectivity index (χ0) is 13.4. The lowest BCUT2D eigenvalue weighted by molar-refractivity contribution is 0.0997. The summed E-state index contributed by atoms with van der Waals surface area (Å²) in [6, 6.07) is 5.48. The van der Waals surface area contributed by atoms with Crippen molar-refractivity contribution >= 4 is 32.7 Å². The molecule has 3 N–H and O–H groups in total. The fourth-order valence-electron chi connectivity index (χ4n) is 1.19. The topological polar surface area (TPSA) is 71.8 Å². The van der Waals surface area contributed by atoms with E-state index in [4.69, 9.17) is 5.73 Å². The van der Waals surface area contributed by atoms with Crippen molar-refractivity contribution in [3.05, 3.63) is 28.4 Å². The second kappa shape index (κ2) is 7.84. The van der Waals surface area contributed by atoms with E-state index >= 15 is 0 Å². The summed E-state index contributed by atoms with van der Waals surface area (Å²) in [6.45, 7) is 8.00. The number of fused-ring (bicyclic) bond motifs is 1. The van der Waals surface area contributed by atoms with Gasteiger partial charge in [0.05, 0.1) is 0 Å². The van der Waals surface area contributed by atoms with E-state index in [9.17, 15) is 4.79 Å². The summed E-state index contributed by atoms with van der Waals surface area (Å²) >= 11 is 3.32. The Balaban J connectivity index is 0.000000581. The van der Waals surface area contributed by atoms with Crippen molar-refractivity contribution in [3.8, 4) is 0 Å². The number of nitrogens with zero attached hydrogens (tertiary/aromatic N) is 1. The van der Waals surface area contributed by atoms with E-state index < -0.39 is 5.91 Å². The SMILES string of the molecule is CC.CC.NC(=O)c1[nH]nc2c(Br)cccc12. The zero-order valence-corrected chi connectivity index (χ0v) is 12.1. The first-order valence-corrected chi connectivity index (χ1v) is 6.42. The van der Waals surface area contributed by atoms with Crippen LogP contribution in [0.25, 0.3) is 10.9 Å². The van der Waals surface area contributed by atoms with Crippen LogP contribution in [-0.4, -0.2) is 16.1 Å². The number of nitrogens with one attached hydrogen (secondary N) is 1. The number of primary amides is 1. The Morgan fingerprint density at radius 2 is 1.88 bits per heavy atom. The number of H-pyrrole nitrogens is 1. The second-order valence-electron chi connectivity index (χ2n) is 2.60. The van der Waals surface area contributed by atoms with Crippen molar-refractivity contribution < 1.29 is 4.79 Å². The van der Waals surface area contributed by atoms with Gasteiger partial charge in [0.1, 0.15) is 11.2 Å². The van der Waals surface area contributed by atoms with Gasteiger partial charge in [0, 0.05) is 9.86 Å². The van der Waals surface area contributed by atoms with Gasteiger partial charge >= 0.3 is 0 Å². The van der Waals surface area contributed by atoms with E-state index in [0.29, 0.717) is 5.69 Å². The van der Waals surface area contributed by atoms with Crippen molar-refractivity contribution in [3.63, 3.8) is 0 Å². The van der Waals surface area contributed by atoms with Crippen LogP contribution in [0, 0.1) is 0 Å². The van der Waals surface area contributed by atoms with Crippen LogP contribution in [0.4, 0.5) is 0 Å². The average molecular weight is 300 g/mol. The molecule has 17 heavy (non-hydrogen) atoms. The van der Waals surface area contributed by atoms with E-state index in [0.717, 1.165) is 15.4 Å². The molecule has 94 valence electrons. The van der Waals surface area contributed by atoms with Crippen molar-refractivity contribution in [1.82, 2.24) is 10.2 Å². The minimum absolute atomic E-state index is 0.344. The summed E-state index contributed by atoms with van der Waals surface area (Å²) in [5.74, 6) is -0.499. The minimum atomic E-state index is -0.499. The first-order valence-electron chi connectivity index (χ1n) is 5.62. The van der Waals surface area contributed by atoms with E-state index in [1.165, 1.54) is 0 Å². The number of hydrogen-bond donors (Lipinski definition) is 2. The lowest BCUT2D eigenvalue weighted by atomic mass is 10.2. The Hall–Kier alpha value is -1.36. The van der Waals surface area contributed by atoms with Crippen LogP contribution in [0.3, 0.4) is 0 Å². The molecule has 0 unspecified atom stereocenters. The van der Waals surface area contributed by atoms with Crippen LogP contribution in [0.5, 0.6) is 0 Å². The summed E-state index contributed by atoms with van der Waals surface area (Å²) in [5.41, 5.74) is 6.21. The number of carbonyl (C=O) groups is 1. The van der Waals surface area contributed by atoms with E-state index in [2.05, 4.69) is 26.1 Å². The smallest absolute Gasteiger partial charge is 0.267 e. The van der Waals surface area contributed by atoms with Crippen molar-refractivity contribution in [2.45, 2.75) is 27.7 Å². The summed E-state index contributed by atoms with van der Waals surface area (Å²) in [5, 5.41) is 7.30. The average Bonchev–Trinajstić information content (AvgIpc) is 2.79. The van der Waals surface area contributed by atoms with E-state index in [1.54, 1.807) is 6.07 Å². The predicted molar refractivity (Wildman–Crippen MR) is 75.0 cm³/mol. The molecule has 0 bridgehead atoms. The molecule has 0 atom stereocenters. The molecule has 1 heterocycles. The number of amides is 1. The zero-order valence-electron chi connectivity index (χ0n) is 10.5. The van der Waals surface area contributed by atoms with Crippen LogP contribution in [0.2, 0.25) is 0 Å². The van der Waals surface area contributed by atoms with Gasteiger partial charge in [0.25, 0.3) is 5.91 Å². The van der Waals surface area contributed by atoms with Crippen LogP contribution in [0.1, 0.15) is 38.2 Å². The van der Waals surface area contributed by atoms with Gasteiger partial charge < -0.3 is 5.73 Å². The highest BCUT2D eigenvalue weighted by Crippen LogP contribution is 2.23. The lowest BCUT2D eigenvalue weighted by Gasteiger charge is -1.91. The van der Waals surface area contributed by atoms with E-state index in [-0.39, 0.29) is 0 Å². The number of nitrogens with two attached hydrogens (primary N) is 1. The number of aromatic nitrogens is 2. The molecule has 0 fully saturated rings. The Bertz CT molecular complexity index is 480. The third-order valence-electron chi connectivity index (χ3n) is 1.78. The lowest BCUT2D eigenvalue weighted by Crippen LogP contribution is -2.11. The summed E-state index contributed by atoms with van der Waals surface area (Å²) in [4.78, 5) is 10.9. The fraction of sp³-hybridized carbons (Fsp3) is 0.333. The van der Waals surface area contributed by atoms with Gasteiger partial charge in [0.2, 0.25) is 0 Å². The standard InChI is InChI=1S/C8H6BrN3O.2C2H6/c9-5-3-1-2-4-6(5)11-12-7(4)8(10)13;2*1-2/h1-3H,(H2,10,13)(H,11,12);2*1-2H3. The number of carbonyl (C=O) groups excluding carboxylic acids is 1. The Labute approximate surface area is 110 Å². The molecule has 0 radical (unpaired) electrons. The first-order chi connectivity index (χ1) is 8.20. The van der Waals surface area contributed by atoms with Gasteiger partial charge in [-0.25, -0.2) is 0 Å². The molecular formula is C12H18BrN3O. The molecule has 5 heteroatoms. The minimum Gasteiger partial charge on any atom is -0.364 e. The quantitative estimate of drug-likeness (QED) is 0.846. The number of para-hydroxylation sites is 1. The van der Waals surface area contributed by atoms with Crippen molar-refractivity contribution in [1.29, 1.82) is 0 Å². The molecule has 4 nitrogen and oxygen atoms in total. The molecule has 0 spiro atoms. The number of hydrogen-bond acceptors (Lipinski definition) is 2. The molecule has 1 aromatic heterocycles. The Kier molecular flexibility index (Phi) is 7.21. The highest BCUT2D eigenvalue weighted by atomic mass is 79.9. The van der Waals surface area contributed by atoms with Gasteiger partial charge in [-0.3, -0.25) is 9.89 Å². The fourth-order valence-corrected chi connectivity index (χ4v) is 1.65. The van der Waals surface area contributed by atoms with Gasteiger partial charge in [-0.2, -0.15) is 5.10 Å². The van der Waals surface area contributed by atoms with Gasteiger partial charge in [-0.1, -0.05) is 39.8 Å². The molecule has 0 aliphatic carbocycles. The molecule has 1 aromatic carbocycles. The third kappa shape index (κ3) is 3.56. The van der Waals surface area contributed by atoms with Gasteiger partial charge in [-0.05, 0) is 22.0 Å².